The van der Waals surface area contributed by atoms with Crippen molar-refractivity contribution in [3.63, 3.8) is 0 Å². The molecule has 0 heterocycles. The molecule has 4 heteroatoms. The predicted molar refractivity (Wildman–Crippen MR) is 73.4 cm³/mol. The molecule has 0 bridgehead atoms. The Bertz CT molecular complexity index is 393. The van der Waals surface area contributed by atoms with Crippen molar-refractivity contribution in [3.8, 4) is 0 Å². The van der Waals surface area contributed by atoms with Crippen LogP contribution in [0.2, 0.25) is 5.02 Å². The van der Waals surface area contributed by atoms with Gasteiger partial charge in [-0.3, -0.25) is 0 Å². The number of rotatable bonds is 6. The number of halogens is 2. The summed E-state index contributed by atoms with van der Waals surface area (Å²) in [4.78, 5) is 0. The Morgan fingerprint density at radius 3 is 2.50 bits per heavy atom. The highest BCUT2D eigenvalue weighted by Gasteiger charge is 2.22. The zero-order valence-electron chi connectivity index (χ0n) is 11.1. The number of nitrogens with one attached hydrogen (secondary N) is 1. The molecule has 2 nitrogen and oxygen atoms in total. The summed E-state index contributed by atoms with van der Waals surface area (Å²) >= 11 is 5.75. The van der Waals surface area contributed by atoms with E-state index in [9.17, 15) is 9.50 Å². The maximum Gasteiger partial charge on any atom is 0.141 e. The third-order valence-electron chi connectivity index (χ3n) is 3.50. The van der Waals surface area contributed by atoms with Gasteiger partial charge in [-0.05, 0) is 37.5 Å². The van der Waals surface area contributed by atoms with Crippen molar-refractivity contribution >= 4 is 11.6 Å². The van der Waals surface area contributed by atoms with E-state index in [4.69, 9.17) is 11.6 Å². The maximum atomic E-state index is 13.1. The lowest BCUT2D eigenvalue weighted by Crippen LogP contribution is -2.40. The van der Waals surface area contributed by atoms with Crippen LogP contribution in [0.5, 0.6) is 0 Å². The second kappa shape index (κ2) is 6.50. The minimum Gasteiger partial charge on any atom is -0.389 e. The highest BCUT2D eigenvalue weighted by atomic mass is 35.5. The Morgan fingerprint density at radius 2 is 2.00 bits per heavy atom. The van der Waals surface area contributed by atoms with E-state index in [1.165, 1.54) is 6.07 Å². The van der Waals surface area contributed by atoms with E-state index in [0.29, 0.717) is 19.4 Å². The van der Waals surface area contributed by atoms with Gasteiger partial charge in [0.15, 0.2) is 0 Å². The maximum absolute atomic E-state index is 13.1. The smallest absolute Gasteiger partial charge is 0.141 e. The zero-order valence-corrected chi connectivity index (χ0v) is 11.9. The van der Waals surface area contributed by atoms with Gasteiger partial charge in [-0.25, -0.2) is 4.39 Å². The monoisotopic (exact) mass is 273 g/mol. The van der Waals surface area contributed by atoms with Gasteiger partial charge >= 0.3 is 0 Å². The van der Waals surface area contributed by atoms with Crippen LogP contribution in [0.25, 0.3) is 0 Å². The Hall–Kier alpha value is -0.640. The van der Waals surface area contributed by atoms with Crippen molar-refractivity contribution in [2.24, 2.45) is 0 Å². The van der Waals surface area contributed by atoms with E-state index < -0.39 is 11.4 Å². The molecular weight excluding hydrogens is 253 g/mol. The van der Waals surface area contributed by atoms with Crippen molar-refractivity contribution in [2.45, 2.75) is 45.3 Å². The van der Waals surface area contributed by atoms with E-state index >= 15 is 0 Å². The Kier molecular flexibility index (Phi) is 5.57. The topological polar surface area (TPSA) is 32.3 Å². The average molecular weight is 274 g/mol. The predicted octanol–water partition coefficient (Wildman–Crippen LogP) is 3.68. The molecule has 1 rings (SSSR count). The fourth-order valence-electron chi connectivity index (χ4n) is 1.74. The third kappa shape index (κ3) is 3.94. The summed E-state index contributed by atoms with van der Waals surface area (Å²) in [5.74, 6) is -0.411. The SMILES string of the molecule is CCC(O)(CC)CNC(C)c1ccc(F)c(Cl)c1. The van der Waals surface area contributed by atoms with Crippen LogP contribution in [0.4, 0.5) is 4.39 Å². The van der Waals surface area contributed by atoms with E-state index in [1.54, 1.807) is 12.1 Å². The lowest BCUT2D eigenvalue weighted by Gasteiger charge is -2.27. The van der Waals surface area contributed by atoms with E-state index in [1.807, 2.05) is 20.8 Å². The van der Waals surface area contributed by atoms with Crippen molar-refractivity contribution < 1.29 is 9.50 Å². The van der Waals surface area contributed by atoms with E-state index in [2.05, 4.69) is 5.32 Å². The molecule has 0 spiro atoms. The van der Waals surface area contributed by atoms with Crippen LogP contribution in [-0.2, 0) is 0 Å². The highest BCUT2D eigenvalue weighted by Crippen LogP contribution is 2.21. The second-order valence-electron chi connectivity index (χ2n) is 4.71. The molecule has 0 aliphatic heterocycles. The summed E-state index contributed by atoms with van der Waals surface area (Å²) in [6.45, 7) is 6.40. The molecule has 1 atom stereocenters. The Morgan fingerprint density at radius 1 is 1.39 bits per heavy atom. The lowest BCUT2D eigenvalue weighted by atomic mass is 9.96. The summed E-state index contributed by atoms with van der Waals surface area (Å²) in [7, 11) is 0. The molecular formula is C14H21ClFNO. The first kappa shape index (κ1) is 15.4. The summed E-state index contributed by atoms with van der Waals surface area (Å²) in [6, 6.07) is 4.70. The normalized spacial score (nSPS) is 13.7. The van der Waals surface area contributed by atoms with Gasteiger partial charge in [-0.15, -0.1) is 0 Å². The Labute approximate surface area is 113 Å². The minimum absolute atomic E-state index is 0.0210. The first-order valence-electron chi connectivity index (χ1n) is 6.32. The molecule has 102 valence electrons. The van der Waals surface area contributed by atoms with E-state index in [0.717, 1.165) is 5.56 Å². The standard InChI is InChI=1S/C14H21ClFNO/c1-4-14(18,5-2)9-17-10(3)11-6-7-13(16)12(15)8-11/h6-8,10,17-18H,4-5,9H2,1-3H3. The van der Waals surface area contributed by atoms with Gasteiger partial charge in [0.25, 0.3) is 0 Å². The molecule has 0 radical (unpaired) electrons. The second-order valence-corrected chi connectivity index (χ2v) is 5.11. The van der Waals surface area contributed by atoms with Crippen LogP contribution in [-0.4, -0.2) is 17.3 Å². The molecule has 0 aromatic heterocycles. The number of aliphatic hydroxyl groups is 1. The number of hydrogen-bond acceptors (Lipinski definition) is 2. The minimum atomic E-state index is -0.682. The molecule has 0 amide bonds. The zero-order chi connectivity index (χ0) is 13.8. The molecule has 0 aliphatic rings. The van der Waals surface area contributed by atoms with Gasteiger partial charge in [0.1, 0.15) is 5.82 Å². The molecule has 1 unspecified atom stereocenters. The van der Waals surface area contributed by atoms with Crippen molar-refractivity contribution in [1.29, 1.82) is 0 Å². The molecule has 1 aromatic rings. The summed E-state index contributed by atoms with van der Waals surface area (Å²) in [5, 5.41) is 13.6. The molecule has 2 N–H and O–H groups in total. The third-order valence-corrected chi connectivity index (χ3v) is 3.79. The van der Waals surface area contributed by atoms with Crippen LogP contribution < -0.4 is 5.32 Å². The number of hydrogen-bond donors (Lipinski definition) is 2. The Balaban J connectivity index is 2.65. The largest absolute Gasteiger partial charge is 0.389 e. The van der Waals surface area contributed by atoms with Crippen molar-refractivity contribution in [2.75, 3.05) is 6.54 Å². The molecule has 0 saturated carbocycles. The molecule has 0 saturated heterocycles. The van der Waals surface area contributed by atoms with E-state index in [-0.39, 0.29) is 11.1 Å². The quantitative estimate of drug-likeness (QED) is 0.829. The van der Waals surface area contributed by atoms with Crippen LogP contribution in [0.15, 0.2) is 18.2 Å². The van der Waals surface area contributed by atoms with Gasteiger partial charge in [-0.2, -0.15) is 0 Å². The van der Waals surface area contributed by atoms with Crippen molar-refractivity contribution in [1.82, 2.24) is 5.32 Å². The highest BCUT2D eigenvalue weighted by molar-refractivity contribution is 6.30. The van der Waals surface area contributed by atoms with Crippen molar-refractivity contribution in [3.05, 3.63) is 34.6 Å². The molecule has 0 aliphatic carbocycles. The van der Waals surface area contributed by atoms with Gasteiger partial charge in [0, 0.05) is 12.6 Å². The van der Waals surface area contributed by atoms with Gasteiger partial charge < -0.3 is 10.4 Å². The molecule has 1 aromatic carbocycles. The lowest BCUT2D eigenvalue weighted by molar-refractivity contribution is 0.0303. The average Bonchev–Trinajstić information content (AvgIpc) is 2.38. The van der Waals surface area contributed by atoms with Crippen LogP contribution in [0.1, 0.15) is 45.2 Å². The summed E-state index contributed by atoms with van der Waals surface area (Å²) < 4.78 is 13.1. The summed E-state index contributed by atoms with van der Waals surface area (Å²) in [5.41, 5.74) is 0.230. The van der Waals surface area contributed by atoms with Crippen LogP contribution >= 0.6 is 11.6 Å². The van der Waals surface area contributed by atoms with Gasteiger partial charge in [-0.1, -0.05) is 31.5 Å². The van der Waals surface area contributed by atoms with Crippen LogP contribution in [0, 0.1) is 5.82 Å². The van der Waals surface area contributed by atoms with Gasteiger partial charge in [0.05, 0.1) is 10.6 Å². The molecule has 0 fully saturated rings. The van der Waals surface area contributed by atoms with Crippen LogP contribution in [0.3, 0.4) is 0 Å². The first-order chi connectivity index (χ1) is 8.41. The fourth-order valence-corrected chi connectivity index (χ4v) is 1.93. The van der Waals surface area contributed by atoms with Gasteiger partial charge in [0.2, 0.25) is 0 Å². The fraction of sp³-hybridized carbons (Fsp3) is 0.571. The first-order valence-corrected chi connectivity index (χ1v) is 6.70. The number of benzene rings is 1. The molecule has 18 heavy (non-hydrogen) atoms. The summed E-state index contributed by atoms with van der Waals surface area (Å²) in [6.07, 6.45) is 1.40.